The number of benzene rings is 1. The van der Waals surface area contributed by atoms with Crippen LogP contribution in [0.15, 0.2) is 29.2 Å². The van der Waals surface area contributed by atoms with Gasteiger partial charge in [-0.05, 0) is 25.0 Å². The molecule has 9 heteroatoms. The molecule has 2 fully saturated rings. The van der Waals surface area contributed by atoms with Gasteiger partial charge in [0.1, 0.15) is 0 Å². The van der Waals surface area contributed by atoms with Crippen molar-refractivity contribution >= 4 is 33.3 Å². The van der Waals surface area contributed by atoms with Crippen LogP contribution in [0.2, 0.25) is 0 Å². The molecule has 1 saturated heterocycles. The number of sulfone groups is 1. The maximum atomic E-state index is 12.3. The maximum Gasteiger partial charge on any atom is 0.311 e. The van der Waals surface area contributed by atoms with Gasteiger partial charge in [0.05, 0.1) is 16.5 Å². The number of hydrogen-bond donors (Lipinski definition) is 1. The van der Waals surface area contributed by atoms with E-state index in [1.165, 1.54) is 12.1 Å². The van der Waals surface area contributed by atoms with Crippen LogP contribution in [0.3, 0.4) is 0 Å². The molecule has 0 unspecified atom stereocenters. The Balaban J connectivity index is 1.53. The highest BCUT2D eigenvalue weighted by Gasteiger charge is 2.39. The molecule has 8 nitrogen and oxygen atoms in total. The molecule has 2 amide bonds. The van der Waals surface area contributed by atoms with Gasteiger partial charge in [-0.15, -0.1) is 0 Å². The van der Waals surface area contributed by atoms with Crippen molar-refractivity contribution in [1.29, 1.82) is 0 Å². The van der Waals surface area contributed by atoms with Crippen molar-refractivity contribution in [3.63, 3.8) is 0 Å². The second-order valence-corrected chi connectivity index (χ2v) is 9.29. The Labute approximate surface area is 164 Å². The van der Waals surface area contributed by atoms with Crippen molar-refractivity contribution in [3.8, 4) is 0 Å². The fourth-order valence-corrected chi connectivity index (χ4v) is 4.64. The summed E-state index contributed by atoms with van der Waals surface area (Å²) < 4.78 is 28.6. The second-order valence-electron chi connectivity index (χ2n) is 7.31. The van der Waals surface area contributed by atoms with Gasteiger partial charge in [0.25, 0.3) is 5.91 Å². The zero-order chi connectivity index (χ0) is 20.3. The Morgan fingerprint density at radius 2 is 1.89 bits per heavy atom. The van der Waals surface area contributed by atoms with Gasteiger partial charge in [0.15, 0.2) is 16.4 Å². The van der Waals surface area contributed by atoms with Gasteiger partial charge in [-0.2, -0.15) is 0 Å². The molecule has 1 saturated carbocycles. The molecule has 1 heterocycles. The Morgan fingerprint density at radius 3 is 2.57 bits per heavy atom. The molecule has 1 N–H and O–H groups in total. The summed E-state index contributed by atoms with van der Waals surface area (Å²) in [5.41, 5.74) is 0.134. The fourth-order valence-electron chi connectivity index (χ4n) is 3.79. The predicted molar refractivity (Wildman–Crippen MR) is 101 cm³/mol. The predicted octanol–water partition coefficient (Wildman–Crippen LogP) is 1.36. The van der Waals surface area contributed by atoms with E-state index in [1.807, 2.05) is 0 Å². The van der Waals surface area contributed by atoms with Crippen LogP contribution < -0.4 is 5.32 Å². The first-order valence-electron chi connectivity index (χ1n) is 9.31. The summed E-state index contributed by atoms with van der Waals surface area (Å²) >= 11 is 0. The molecule has 0 radical (unpaired) electrons. The van der Waals surface area contributed by atoms with E-state index >= 15 is 0 Å². The lowest BCUT2D eigenvalue weighted by Crippen LogP contribution is -2.35. The number of anilines is 1. The van der Waals surface area contributed by atoms with E-state index in [2.05, 4.69) is 5.32 Å². The Morgan fingerprint density at radius 1 is 1.21 bits per heavy atom. The highest BCUT2D eigenvalue weighted by molar-refractivity contribution is 7.90. The number of nitrogens with zero attached hydrogens (tertiary/aromatic N) is 1. The molecule has 1 atom stereocenters. The smallest absolute Gasteiger partial charge is 0.311 e. The van der Waals surface area contributed by atoms with Crippen LogP contribution in [-0.2, 0) is 29.0 Å². The zero-order valence-electron chi connectivity index (χ0n) is 15.7. The van der Waals surface area contributed by atoms with Gasteiger partial charge in [-0.1, -0.05) is 25.0 Å². The van der Waals surface area contributed by atoms with Crippen molar-refractivity contribution in [3.05, 3.63) is 24.3 Å². The third-order valence-electron chi connectivity index (χ3n) is 5.16. The van der Waals surface area contributed by atoms with Gasteiger partial charge in [-0.25, -0.2) is 8.42 Å². The number of rotatable bonds is 6. The summed E-state index contributed by atoms with van der Waals surface area (Å²) in [7, 11) is -3.51. The molecule has 1 aliphatic carbocycles. The van der Waals surface area contributed by atoms with Gasteiger partial charge in [-0.3, -0.25) is 14.4 Å². The largest absolute Gasteiger partial charge is 0.455 e. The van der Waals surface area contributed by atoms with E-state index in [0.717, 1.165) is 31.9 Å². The average Bonchev–Trinajstić information content (AvgIpc) is 3.28. The third-order valence-corrected chi connectivity index (χ3v) is 6.32. The average molecular weight is 408 g/mol. The van der Waals surface area contributed by atoms with Gasteiger partial charge in [0, 0.05) is 25.3 Å². The number of amides is 2. The first kappa shape index (κ1) is 20.3. The van der Waals surface area contributed by atoms with Gasteiger partial charge < -0.3 is 15.0 Å². The summed E-state index contributed by atoms with van der Waals surface area (Å²) in [5, 5.41) is 2.45. The highest BCUT2D eigenvalue weighted by atomic mass is 32.2. The minimum Gasteiger partial charge on any atom is -0.455 e. The fraction of sp³-hybridized carbons (Fsp3) is 0.526. The Bertz CT molecular complexity index is 876. The zero-order valence-corrected chi connectivity index (χ0v) is 16.5. The van der Waals surface area contributed by atoms with E-state index in [1.54, 1.807) is 17.0 Å². The molecule has 1 aliphatic heterocycles. The standard InChI is InChI=1S/C19H24N2O6S/c1-28(25,26)16-9-5-4-8-15(16)20-17(22)12-27-19(24)13-10-18(23)21(11-13)14-6-2-3-7-14/h4-5,8-9,13-14H,2-3,6-7,10-12H2,1H3,(H,20,22)/t13-/m1/s1. The normalized spacial score (nSPS) is 20.4. The summed E-state index contributed by atoms with van der Waals surface area (Å²) in [5.74, 6) is -1.83. The SMILES string of the molecule is CS(=O)(=O)c1ccccc1NC(=O)COC(=O)[C@@H]1CC(=O)N(C2CCCC2)C1. The summed E-state index contributed by atoms with van der Waals surface area (Å²) in [4.78, 5) is 38.3. The molecule has 3 rings (SSSR count). The molecular formula is C19H24N2O6S. The number of nitrogens with one attached hydrogen (secondary N) is 1. The van der Waals surface area contributed by atoms with E-state index in [-0.39, 0.29) is 29.0 Å². The summed E-state index contributed by atoms with van der Waals surface area (Å²) in [6, 6.07) is 6.21. The molecule has 0 bridgehead atoms. The van der Waals surface area contributed by atoms with Crippen LogP contribution in [0.1, 0.15) is 32.1 Å². The lowest BCUT2D eigenvalue weighted by Gasteiger charge is -2.23. The molecule has 152 valence electrons. The number of ether oxygens (including phenoxy) is 1. The lowest BCUT2D eigenvalue weighted by molar-refractivity contribution is -0.151. The number of carbonyl (C=O) groups excluding carboxylic acids is 3. The van der Waals surface area contributed by atoms with Crippen molar-refractivity contribution in [1.82, 2.24) is 4.90 Å². The second kappa shape index (κ2) is 8.30. The van der Waals surface area contributed by atoms with E-state index < -0.39 is 34.2 Å². The van der Waals surface area contributed by atoms with Crippen LogP contribution in [0.4, 0.5) is 5.69 Å². The number of carbonyl (C=O) groups is 3. The molecule has 0 aromatic heterocycles. The molecule has 2 aliphatic rings. The number of para-hydroxylation sites is 1. The minimum atomic E-state index is -3.51. The van der Waals surface area contributed by atoms with Crippen molar-refractivity contribution < 1.29 is 27.5 Å². The lowest BCUT2D eigenvalue weighted by atomic mass is 10.1. The molecule has 1 aromatic rings. The van der Waals surface area contributed by atoms with Crippen LogP contribution >= 0.6 is 0 Å². The maximum absolute atomic E-state index is 12.3. The first-order chi connectivity index (χ1) is 13.3. The van der Waals surface area contributed by atoms with E-state index in [9.17, 15) is 22.8 Å². The highest BCUT2D eigenvalue weighted by Crippen LogP contribution is 2.30. The number of likely N-dealkylation sites (tertiary alicyclic amines) is 1. The number of esters is 1. The van der Waals surface area contributed by atoms with Gasteiger partial charge in [0.2, 0.25) is 5.91 Å². The van der Waals surface area contributed by atoms with Crippen molar-refractivity contribution in [2.45, 2.75) is 43.0 Å². The summed E-state index contributed by atoms with van der Waals surface area (Å²) in [6.07, 6.45) is 5.28. The molecular weight excluding hydrogens is 384 g/mol. The molecule has 28 heavy (non-hydrogen) atoms. The van der Waals surface area contributed by atoms with Crippen LogP contribution in [0, 0.1) is 5.92 Å². The summed E-state index contributed by atoms with van der Waals surface area (Å²) in [6.45, 7) is -0.202. The van der Waals surface area contributed by atoms with Gasteiger partial charge >= 0.3 is 5.97 Å². The monoisotopic (exact) mass is 408 g/mol. The first-order valence-corrected chi connectivity index (χ1v) is 11.2. The topological polar surface area (TPSA) is 110 Å². The number of hydrogen-bond acceptors (Lipinski definition) is 6. The van der Waals surface area contributed by atoms with E-state index in [4.69, 9.17) is 4.74 Å². The van der Waals surface area contributed by atoms with Crippen LogP contribution in [0.5, 0.6) is 0 Å². The quantitative estimate of drug-likeness (QED) is 0.712. The minimum absolute atomic E-state index is 0.0109. The van der Waals surface area contributed by atoms with Crippen molar-refractivity contribution in [2.75, 3.05) is 24.7 Å². The van der Waals surface area contributed by atoms with E-state index in [0.29, 0.717) is 6.54 Å². The third kappa shape index (κ3) is 4.70. The molecule has 1 aromatic carbocycles. The van der Waals surface area contributed by atoms with Crippen LogP contribution in [0.25, 0.3) is 0 Å². The molecule has 0 spiro atoms. The van der Waals surface area contributed by atoms with Crippen LogP contribution in [-0.4, -0.2) is 56.6 Å². The Kier molecular flexibility index (Phi) is 6.02. The van der Waals surface area contributed by atoms with Crippen molar-refractivity contribution in [2.24, 2.45) is 5.92 Å². The Hall–Kier alpha value is -2.42.